The van der Waals surface area contributed by atoms with Gasteiger partial charge in [-0.25, -0.2) is 17.0 Å². The Bertz CT molecular complexity index is 1410. The van der Waals surface area contributed by atoms with E-state index < -0.39 is 20.0 Å². The normalized spacial score (nSPS) is 17.5. The predicted molar refractivity (Wildman–Crippen MR) is 143 cm³/mol. The van der Waals surface area contributed by atoms with Crippen LogP contribution in [-0.4, -0.2) is 47.9 Å². The van der Waals surface area contributed by atoms with Crippen molar-refractivity contribution in [2.45, 2.75) is 41.8 Å². The highest BCUT2D eigenvalue weighted by molar-refractivity contribution is 7.89. The predicted octanol–water partition coefficient (Wildman–Crippen LogP) is 5.22. The lowest BCUT2D eigenvalue weighted by Crippen LogP contribution is -2.30. The van der Waals surface area contributed by atoms with Crippen LogP contribution in [0.25, 0.3) is 0 Å². The van der Waals surface area contributed by atoms with Crippen molar-refractivity contribution in [1.29, 1.82) is 0 Å². The second-order valence-corrected chi connectivity index (χ2v) is 12.8. The molecule has 0 aromatic heterocycles. The Kier molecular flexibility index (Phi) is 8.89. The minimum Gasteiger partial charge on any atom is -0.497 e. The van der Waals surface area contributed by atoms with Crippen LogP contribution in [0.4, 0.5) is 0 Å². The molecule has 0 saturated carbocycles. The van der Waals surface area contributed by atoms with Crippen LogP contribution in [0.1, 0.15) is 24.0 Å². The number of hydrogen-bond donors (Lipinski definition) is 1. The Balaban J connectivity index is 1.60. The fourth-order valence-electron chi connectivity index (χ4n) is 3.94. The number of nitrogens with zero attached hydrogens (tertiary/aromatic N) is 2. The molecule has 0 amide bonds. The average molecular weight is 565 g/mol. The molecule has 2 atom stereocenters. The average Bonchev–Trinajstić information content (AvgIpc) is 3.43. The summed E-state index contributed by atoms with van der Waals surface area (Å²) in [5, 5.41) is 0.557. The van der Waals surface area contributed by atoms with Gasteiger partial charge < -0.3 is 9.47 Å². The Morgan fingerprint density at radius 3 is 2.05 bits per heavy atom. The number of sulfonamides is 1. The van der Waals surface area contributed by atoms with Crippen LogP contribution in [0, 0.1) is 0 Å². The molecular formula is C26H29ClN2O6S2. The van der Waals surface area contributed by atoms with Crippen molar-refractivity contribution in [1.82, 2.24) is 4.31 Å². The van der Waals surface area contributed by atoms with Gasteiger partial charge >= 0.3 is 0 Å². The summed E-state index contributed by atoms with van der Waals surface area (Å²) in [5.74, 6) is 0.670. The molecule has 37 heavy (non-hydrogen) atoms. The van der Waals surface area contributed by atoms with Crippen LogP contribution >= 0.6 is 11.6 Å². The number of methoxy groups -OCH3 is 1. The molecular weight excluding hydrogens is 536 g/mol. The topological polar surface area (TPSA) is 106 Å². The molecule has 0 radical (unpaired) electrons. The first kappa shape index (κ1) is 27.6. The van der Waals surface area contributed by atoms with E-state index in [1.54, 1.807) is 43.5 Å². The van der Waals surface area contributed by atoms with Gasteiger partial charge in [0.1, 0.15) is 5.75 Å². The van der Waals surface area contributed by atoms with Gasteiger partial charge in [-0.3, -0.25) is 4.55 Å². The summed E-state index contributed by atoms with van der Waals surface area (Å²) >= 11 is 6.00. The van der Waals surface area contributed by atoms with Gasteiger partial charge in [0.2, 0.25) is 10.0 Å². The quantitative estimate of drug-likeness (QED) is 0.362. The van der Waals surface area contributed by atoms with Gasteiger partial charge in [0.15, 0.2) is 10.0 Å². The van der Waals surface area contributed by atoms with Crippen LogP contribution in [0.3, 0.4) is 0 Å². The first-order valence-corrected chi connectivity index (χ1v) is 15.0. The van der Waals surface area contributed by atoms with Gasteiger partial charge in [-0.1, -0.05) is 35.9 Å². The molecule has 1 N–H and O–H groups in total. The number of benzene rings is 3. The number of hydrogen-bond acceptors (Lipinski definition) is 6. The van der Waals surface area contributed by atoms with E-state index in [1.165, 1.54) is 28.6 Å². The Morgan fingerprint density at radius 2 is 1.51 bits per heavy atom. The first-order valence-electron chi connectivity index (χ1n) is 11.7. The molecule has 1 aliphatic rings. The summed E-state index contributed by atoms with van der Waals surface area (Å²) in [6.45, 7) is 0.972. The largest absolute Gasteiger partial charge is 0.497 e. The summed E-state index contributed by atoms with van der Waals surface area (Å²) in [6, 6.07) is 19.5. The molecule has 4 rings (SSSR count). The van der Waals surface area contributed by atoms with Crippen LogP contribution in [0.5, 0.6) is 5.75 Å². The molecule has 1 unspecified atom stereocenters. The molecule has 1 aliphatic heterocycles. The number of rotatable bonds is 10. The lowest BCUT2D eigenvalue weighted by atomic mass is 10.2. The van der Waals surface area contributed by atoms with E-state index >= 15 is 0 Å². The Morgan fingerprint density at radius 1 is 0.946 bits per heavy atom. The van der Waals surface area contributed by atoms with Crippen molar-refractivity contribution in [3.63, 3.8) is 0 Å². The van der Waals surface area contributed by atoms with E-state index in [9.17, 15) is 17.2 Å². The van der Waals surface area contributed by atoms with Crippen LogP contribution in [0.2, 0.25) is 5.02 Å². The highest BCUT2D eigenvalue weighted by atomic mass is 35.5. The molecule has 3 aromatic rings. The molecule has 0 aliphatic carbocycles. The van der Waals surface area contributed by atoms with Crippen molar-refractivity contribution in [3.8, 4) is 5.75 Å². The van der Waals surface area contributed by atoms with Gasteiger partial charge in [-0.15, -0.1) is 0 Å². The standard InChI is InChI=1S/C26H29ClN2O6S2/c1-34-23-10-6-21(7-11-23)19-29(18-20-4-8-22(27)9-5-20)37(32,33)26-14-12-25(13-15-26)36(30,31)28-17-24-3-2-16-35-24/h4-15,24H,2-3,16-19H2,1H3,(H,28,30,31)/t24-/m1/s1. The summed E-state index contributed by atoms with van der Waals surface area (Å²) in [4.78, 5) is 0.0527. The van der Waals surface area contributed by atoms with Crippen LogP contribution < -0.4 is 4.74 Å². The molecule has 198 valence electrons. The third kappa shape index (κ3) is 7.10. The Labute approximate surface area is 223 Å². The molecule has 1 fully saturated rings. The van der Waals surface area contributed by atoms with E-state index in [4.69, 9.17) is 21.1 Å². The van der Waals surface area contributed by atoms with Crippen LogP contribution in [0.15, 0.2) is 87.0 Å². The summed E-state index contributed by atoms with van der Waals surface area (Å²) < 4.78 is 66.5. The maximum atomic E-state index is 13.7. The zero-order chi connectivity index (χ0) is 26.5. The fraction of sp³-hybridized carbons (Fsp3) is 0.308. The summed E-state index contributed by atoms with van der Waals surface area (Å²) in [6.07, 6.45) is 1.54. The lowest BCUT2D eigenvalue weighted by Gasteiger charge is -2.23. The molecule has 8 nitrogen and oxygen atoms in total. The lowest BCUT2D eigenvalue weighted by molar-refractivity contribution is 0.118. The summed E-state index contributed by atoms with van der Waals surface area (Å²) in [7, 11) is -6.08. The van der Waals surface area contributed by atoms with Crippen LogP contribution in [-0.2, 0) is 37.9 Å². The van der Waals surface area contributed by atoms with Gasteiger partial charge in [-0.2, -0.15) is 4.31 Å². The minimum atomic E-state index is -3.97. The van der Waals surface area contributed by atoms with Crippen molar-refractivity contribution in [3.05, 3.63) is 88.9 Å². The first-order chi connectivity index (χ1) is 17.7. The maximum absolute atomic E-state index is 13.7. The molecule has 0 bridgehead atoms. The molecule has 0 spiro atoms. The van der Waals surface area contributed by atoms with E-state index in [-0.39, 0.29) is 35.5 Å². The third-order valence-corrected chi connectivity index (χ3v) is 9.48. The van der Waals surface area contributed by atoms with E-state index in [0.717, 1.165) is 24.0 Å². The van der Waals surface area contributed by atoms with Gasteiger partial charge in [-0.05, 0) is 72.5 Å². The SMILES string of the molecule is COc1ccc(CN(Cc2ccc(Cl)cc2)S(=O)(=O)c2ccc(S(=O)(O)=NC[C@H]3CCCO3)cc2)cc1. The van der Waals surface area contributed by atoms with Gasteiger partial charge in [0, 0.05) is 24.7 Å². The van der Waals surface area contributed by atoms with Gasteiger partial charge in [0.25, 0.3) is 0 Å². The van der Waals surface area contributed by atoms with Gasteiger partial charge in [0.05, 0.1) is 29.5 Å². The van der Waals surface area contributed by atoms with Crippen molar-refractivity contribution in [2.75, 3.05) is 20.3 Å². The highest BCUT2D eigenvalue weighted by Crippen LogP contribution is 2.25. The Hall–Kier alpha value is -2.47. The smallest absolute Gasteiger partial charge is 0.243 e. The van der Waals surface area contributed by atoms with Crippen molar-refractivity contribution >= 4 is 31.6 Å². The monoisotopic (exact) mass is 564 g/mol. The maximum Gasteiger partial charge on any atom is 0.243 e. The zero-order valence-electron chi connectivity index (χ0n) is 20.3. The molecule has 3 aromatic carbocycles. The third-order valence-electron chi connectivity index (χ3n) is 6.04. The molecule has 1 saturated heterocycles. The highest BCUT2D eigenvalue weighted by Gasteiger charge is 2.26. The minimum absolute atomic E-state index is 0.00746. The molecule has 11 heteroatoms. The summed E-state index contributed by atoms with van der Waals surface area (Å²) in [5.41, 5.74) is 1.55. The van der Waals surface area contributed by atoms with E-state index in [0.29, 0.717) is 17.4 Å². The number of ether oxygens (including phenoxy) is 2. The second-order valence-electron chi connectivity index (χ2n) is 8.66. The zero-order valence-corrected chi connectivity index (χ0v) is 22.7. The second kappa shape index (κ2) is 11.9. The number of halogens is 1. The van der Waals surface area contributed by atoms with E-state index in [1.807, 2.05) is 12.1 Å². The van der Waals surface area contributed by atoms with Crippen molar-refractivity contribution in [2.24, 2.45) is 4.36 Å². The molecule has 1 heterocycles. The fourth-order valence-corrected chi connectivity index (χ4v) is 6.49. The van der Waals surface area contributed by atoms with E-state index in [2.05, 4.69) is 4.36 Å². The van der Waals surface area contributed by atoms with Crippen molar-refractivity contribution < 1.29 is 26.7 Å².